The molecule has 20 heavy (non-hydrogen) atoms. The fraction of sp³-hybridized carbons (Fsp3) is 0.385. The smallest absolute Gasteiger partial charge is 0.254 e. The van der Waals surface area contributed by atoms with E-state index in [4.69, 9.17) is 27.9 Å². The van der Waals surface area contributed by atoms with E-state index in [1.165, 1.54) is 6.21 Å². The van der Waals surface area contributed by atoms with Gasteiger partial charge in [-0.05, 0) is 6.07 Å². The number of rotatable bonds is 4. The van der Waals surface area contributed by atoms with Crippen LogP contribution < -0.4 is 5.43 Å². The Labute approximate surface area is 127 Å². The van der Waals surface area contributed by atoms with E-state index < -0.39 is 0 Å². The molecule has 0 atom stereocenters. The van der Waals surface area contributed by atoms with Crippen LogP contribution in [0.1, 0.15) is 5.56 Å². The van der Waals surface area contributed by atoms with E-state index in [9.17, 15) is 4.79 Å². The zero-order chi connectivity index (χ0) is 14.4. The van der Waals surface area contributed by atoms with Crippen molar-refractivity contribution in [1.29, 1.82) is 0 Å². The number of halogens is 2. The van der Waals surface area contributed by atoms with Gasteiger partial charge in [-0.15, -0.1) is 0 Å². The van der Waals surface area contributed by atoms with Gasteiger partial charge in [-0.3, -0.25) is 9.69 Å². The second kappa shape index (κ2) is 7.59. The van der Waals surface area contributed by atoms with Crippen molar-refractivity contribution in [1.82, 2.24) is 10.3 Å². The van der Waals surface area contributed by atoms with Gasteiger partial charge < -0.3 is 4.74 Å². The van der Waals surface area contributed by atoms with Crippen molar-refractivity contribution >= 4 is 35.3 Å². The molecule has 1 aromatic rings. The Morgan fingerprint density at radius 1 is 1.40 bits per heavy atom. The number of hydrogen-bond acceptors (Lipinski definition) is 4. The molecule has 1 aliphatic rings. The summed E-state index contributed by atoms with van der Waals surface area (Å²) in [6.07, 6.45) is 1.48. The predicted octanol–water partition coefficient (Wildman–Crippen LogP) is 1.78. The molecule has 2 rings (SSSR count). The van der Waals surface area contributed by atoms with Crippen LogP contribution in [0.3, 0.4) is 0 Å². The van der Waals surface area contributed by atoms with Gasteiger partial charge in [0.15, 0.2) is 0 Å². The van der Waals surface area contributed by atoms with Crippen molar-refractivity contribution in [3.63, 3.8) is 0 Å². The first-order valence-electron chi connectivity index (χ1n) is 6.23. The van der Waals surface area contributed by atoms with Gasteiger partial charge in [-0.2, -0.15) is 5.10 Å². The highest BCUT2D eigenvalue weighted by molar-refractivity contribution is 6.43. The summed E-state index contributed by atoms with van der Waals surface area (Å²) >= 11 is 11.9. The van der Waals surface area contributed by atoms with E-state index in [-0.39, 0.29) is 5.91 Å². The number of morpholine rings is 1. The molecule has 0 aromatic heterocycles. The maximum Gasteiger partial charge on any atom is 0.254 e. The van der Waals surface area contributed by atoms with Crippen molar-refractivity contribution in [2.45, 2.75) is 0 Å². The summed E-state index contributed by atoms with van der Waals surface area (Å²) in [6, 6.07) is 5.23. The average molecular weight is 316 g/mol. The number of benzene rings is 1. The Bertz CT molecular complexity index is 502. The number of hydrazone groups is 1. The lowest BCUT2D eigenvalue weighted by atomic mass is 10.2. The lowest BCUT2D eigenvalue weighted by Gasteiger charge is -2.25. The summed E-state index contributed by atoms with van der Waals surface area (Å²) in [5.41, 5.74) is 3.13. The number of carbonyl (C=O) groups is 1. The summed E-state index contributed by atoms with van der Waals surface area (Å²) in [4.78, 5) is 13.7. The first kappa shape index (κ1) is 15.3. The highest BCUT2D eigenvalue weighted by Gasteiger charge is 2.13. The van der Waals surface area contributed by atoms with Gasteiger partial charge in [0.2, 0.25) is 0 Å². The highest BCUT2D eigenvalue weighted by atomic mass is 35.5. The van der Waals surface area contributed by atoms with E-state index in [2.05, 4.69) is 10.5 Å². The number of amides is 1. The number of nitrogens with zero attached hydrogens (tertiary/aromatic N) is 2. The van der Waals surface area contributed by atoms with E-state index >= 15 is 0 Å². The second-order valence-electron chi connectivity index (χ2n) is 4.32. The van der Waals surface area contributed by atoms with Gasteiger partial charge in [-0.25, -0.2) is 5.43 Å². The Hall–Kier alpha value is -1.14. The Kier molecular flexibility index (Phi) is 5.79. The minimum absolute atomic E-state index is 0.165. The molecule has 0 aliphatic carbocycles. The van der Waals surface area contributed by atoms with E-state index in [1.807, 2.05) is 4.90 Å². The van der Waals surface area contributed by atoms with Crippen LogP contribution in [0.15, 0.2) is 23.3 Å². The molecule has 1 saturated heterocycles. The molecule has 5 nitrogen and oxygen atoms in total. The quantitative estimate of drug-likeness (QED) is 0.680. The van der Waals surface area contributed by atoms with E-state index in [0.717, 1.165) is 13.1 Å². The largest absolute Gasteiger partial charge is 0.379 e. The SMILES string of the molecule is O=C(CN1CCOCC1)NN=Cc1cccc(Cl)c1Cl. The van der Waals surface area contributed by atoms with E-state index in [0.29, 0.717) is 35.4 Å². The van der Waals surface area contributed by atoms with E-state index in [1.54, 1.807) is 18.2 Å². The molecular formula is C13H15Cl2N3O2. The van der Waals surface area contributed by atoms with Gasteiger partial charge in [0.25, 0.3) is 5.91 Å². The Balaban J connectivity index is 1.83. The second-order valence-corrected chi connectivity index (χ2v) is 5.11. The number of nitrogens with one attached hydrogen (secondary N) is 1. The number of ether oxygens (including phenoxy) is 1. The maximum atomic E-state index is 11.7. The molecular weight excluding hydrogens is 301 g/mol. The molecule has 1 N–H and O–H groups in total. The molecule has 1 fully saturated rings. The Morgan fingerprint density at radius 3 is 2.90 bits per heavy atom. The third-order valence-electron chi connectivity index (χ3n) is 2.85. The highest BCUT2D eigenvalue weighted by Crippen LogP contribution is 2.23. The minimum Gasteiger partial charge on any atom is -0.379 e. The third-order valence-corrected chi connectivity index (χ3v) is 3.68. The number of carbonyl (C=O) groups excluding carboxylic acids is 1. The van der Waals surface area contributed by atoms with Crippen molar-refractivity contribution in [2.75, 3.05) is 32.8 Å². The average Bonchev–Trinajstić information content (AvgIpc) is 2.44. The first-order valence-corrected chi connectivity index (χ1v) is 6.98. The van der Waals surface area contributed by atoms with Crippen LogP contribution in [0, 0.1) is 0 Å². The van der Waals surface area contributed by atoms with Crippen LogP contribution in [0.2, 0.25) is 10.0 Å². The fourth-order valence-electron chi connectivity index (χ4n) is 1.79. The molecule has 108 valence electrons. The monoisotopic (exact) mass is 315 g/mol. The zero-order valence-electron chi connectivity index (χ0n) is 10.8. The first-order chi connectivity index (χ1) is 9.66. The predicted molar refractivity (Wildman–Crippen MR) is 79.5 cm³/mol. The molecule has 1 aromatic carbocycles. The fourth-order valence-corrected chi connectivity index (χ4v) is 2.15. The summed E-state index contributed by atoms with van der Waals surface area (Å²) in [5, 5.41) is 4.75. The summed E-state index contributed by atoms with van der Waals surface area (Å²) in [7, 11) is 0. The summed E-state index contributed by atoms with van der Waals surface area (Å²) in [6.45, 7) is 3.15. The van der Waals surface area contributed by atoms with Gasteiger partial charge in [0.05, 0.1) is 36.0 Å². The normalized spacial score (nSPS) is 16.5. The van der Waals surface area contributed by atoms with Crippen LogP contribution in [-0.2, 0) is 9.53 Å². The standard InChI is InChI=1S/C13H15Cl2N3O2/c14-11-3-1-2-10(13(11)15)8-16-17-12(19)9-18-4-6-20-7-5-18/h1-3,8H,4-7,9H2,(H,17,19). The van der Waals surface area contributed by atoms with Gasteiger partial charge in [0.1, 0.15) is 0 Å². The maximum absolute atomic E-state index is 11.7. The summed E-state index contributed by atoms with van der Waals surface area (Å²) in [5.74, 6) is -0.165. The van der Waals surface area contributed by atoms with Crippen molar-refractivity contribution < 1.29 is 9.53 Å². The van der Waals surface area contributed by atoms with Gasteiger partial charge in [0, 0.05) is 18.7 Å². The van der Waals surface area contributed by atoms with Crippen LogP contribution in [-0.4, -0.2) is 49.9 Å². The molecule has 0 saturated carbocycles. The molecule has 7 heteroatoms. The van der Waals surface area contributed by atoms with Crippen LogP contribution in [0.25, 0.3) is 0 Å². The molecule has 1 aliphatic heterocycles. The molecule has 1 amide bonds. The van der Waals surface area contributed by atoms with Crippen LogP contribution in [0.5, 0.6) is 0 Å². The van der Waals surface area contributed by atoms with Gasteiger partial charge >= 0.3 is 0 Å². The molecule has 0 spiro atoms. The lowest BCUT2D eigenvalue weighted by Crippen LogP contribution is -2.42. The van der Waals surface area contributed by atoms with Crippen molar-refractivity contribution in [3.8, 4) is 0 Å². The van der Waals surface area contributed by atoms with Gasteiger partial charge in [-0.1, -0.05) is 35.3 Å². The topological polar surface area (TPSA) is 53.9 Å². The van der Waals surface area contributed by atoms with Crippen LogP contribution in [0.4, 0.5) is 0 Å². The summed E-state index contributed by atoms with van der Waals surface area (Å²) < 4.78 is 5.21. The van der Waals surface area contributed by atoms with Crippen molar-refractivity contribution in [2.24, 2.45) is 5.10 Å². The zero-order valence-corrected chi connectivity index (χ0v) is 12.3. The minimum atomic E-state index is -0.165. The Morgan fingerprint density at radius 2 is 2.15 bits per heavy atom. The molecule has 1 heterocycles. The van der Waals surface area contributed by atoms with Crippen molar-refractivity contribution in [3.05, 3.63) is 33.8 Å². The lowest BCUT2D eigenvalue weighted by molar-refractivity contribution is -0.123. The molecule has 0 radical (unpaired) electrons. The molecule has 0 bridgehead atoms. The third kappa shape index (κ3) is 4.45. The number of hydrogen-bond donors (Lipinski definition) is 1. The van der Waals surface area contributed by atoms with Crippen LogP contribution >= 0.6 is 23.2 Å². The molecule has 0 unspecified atom stereocenters.